The minimum Gasteiger partial charge on any atom is -0.248 e. The molecule has 150 valence electrons. The lowest BCUT2D eigenvalue weighted by atomic mass is 10.0. The third kappa shape index (κ3) is 3.68. The third-order valence-electron chi connectivity index (χ3n) is 4.37. The van der Waals surface area contributed by atoms with Crippen molar-refractivity contribution < 1.29 is 21.6 Å². The van der Waals surface area contributed by atoms with Crippen LogP contribution in [0.4, 0.5) is 13.2 Å². The van der Waals surface area contributed by atoms with E-state index in [0.29, 0.717) is 10.6 Å². The molecule has 29 heavy (non-hydrogen) atoms. The van der Waals surface area contributed by atoms with Crippen LogP contribution in [0.15, 0.2) is 81.3 Å². The normalized spacial score (nSPS) is 16.5. The maximum absolute atomic E-state index is 13.1. The zero-order valence-electron chi connectivity index (χ0n) is 14.5. The van der Waals surface area contributed by atoms with Crippen molar-refractivity contribution in [2.45, 2.75) is 22.8 Å². The highest BCUT2D eigenvalue weighted by molar-refractivity contribution is 7.89. The summed E-state index contributed by atoms with van der Waals surface area (Å²) in [5.41, 5.74) is -2.13. The highest BCUT2D eigenvalue weighted by atomic mass is 32.2. The van der Waals surface area contributed by atoms with Gasteiger partial charge in [0.05, 0.1) is 10.9 Å². The Bertz CT molecular complexity index is 1120. The van der Waals surface area contributed by atoms with Crippen LogP contribution in [0.1, 0.15) is 22.2 Å². The van der Waals surface area contributed by atoms with E-state index in [1.807, 2.05) is 0 Å². The number of nitrogens with one attached hydrogen (secondary N) is 1. The van der Waals surface area contributed by atoms with E-state index < -0.39 is 27.9 Å². The van der Waals surface area contributed by atoms with Gasteiger partial charge in [0.15, 0.2) is 0 Å². The second-order valence-electron chi connectivity index (χ2n) is 6.23. The predicted molar refractivity (Wildman–Crippen MR) is 99.8 cm³/mol. The lowest BCUT2D eigenvalue weighted by Gasteiger charge is -2.18. The fourth-order valence-electron chi connectivity index (χ4n) is 2.82. The fourth-order valence-corrected chi connectivity index (χ4v) is 4.79. The van der Waals surface area contributed by atoms with E-state index in [1.54, 1.807) is 41.9 Å². The van der Waals surface area contributed by atoms with Crippen LogP contribution in [0.25, 0.3) is 0 Å². The SMILES string of the molecule is O=S(=O)(NC(c1ccccc1)c1nccs1)c1ccc(C2(C(F)(F)F)N=N2)cc1. The van der Waals surface area contributed by atoms with E-state index in [0.717, 1.165) is 24.3 Å². The van der Waals surface area contributed by atoms with Crippen molar-refractivity contribution in [3.63, 3.8) is 0 Å². The summed E-state index contributed by atoms with van der Waals surface area (Å²) in [6.07, 6.45) is -3.10. The Morgan fingerprint density at radius 1 is 1.00 bits per heavy atom. The summed E-state index contributed by atoms with van der Waals surface area (Å²) in [5, 5.41) is 8.51. The van der Waals surface area contributed by atoms with E-state index >= 15 is 0 Å². The molecule has 1 atom stereocenters. The summed E-state index contributed by atoms with van der Waals surface area (Å²) in [6, 6.07) is 12.5. The maximum Gasteiger partial charge on any atom is 0.442 e. The molecule has 1 aliphatic rings. The van der Waals surface area contributed by atoms with Gasteiger partial charge >= 0.3 is 11.8 Å². The molecule has 6 nitrogen and oxygen atoms in total. The molecule has 0 amide bonds. The van der Waals surface area contributed by atoms with Crippen LogP contribution in [0.5, 0.6) is 0 Å². The van der Waals surface area contributed by atoms with Crippen molar-refractivity contribution in [3.8, 4) is 0 Å². The monoisotopic (exact) mass is 438 g/mol. The fraction of sp³-hybridized carbons (Fsp3) is 0.167. The van der Waals surface area contributed by atoms with Gasteiger partial charge < -0.3 is 0 Å². The molecule has 0 bridgehead atoms. The van der Waals surface area contributed by atoms with Gasteiger partial charge in [0.25, 0.3) is 0 Å². The number of thiazole rings is 1. The largest absolute Gasteiger partial charge is 0.442 e. The second kappa shape index (κ2) is 7.01. The molecule has 0 spiro atoms. The molecule has 0 fully saturated rings. The molecule has 1 N–H and O–H groups in total. The smallest absolute Gasteiger partial charge is 0.248 e. The average Bonchev–Trinajstić information content (AvgIpc) is 3.36. The number of sulfonamides is 1. The second-order valence-corrected chi connectivity index (χ2v) is 8.87. The Hall–Kier alpha value is -2.63. The molecular weight excluding hydrogens is 425 g/mol. The van der Waals surface area contributed by atoms with Crippen LogP contribution < -0.4 is 4.72 Å². The number of halogens is 3. The quantitative estimate of drug-likeness (QED) is 0.620. The first-order chi connectivity index (χ1) is 13.7. The standard InChI is InChI=1S/C18H13F3N4O2S2/c19-18(20,21)17(24-25-17)13-6-8-14(9-7-13)29(26,27)23-15(16-22-10-11-28-16)12-4-2-1-3-5-12/h1-11,15,23H. The Morgan fingerprint density at radius 2 is 1.66 bits per heavy atom. The summed E-state index contributed by atoms with van der Waals surface area (Å²) >= 11 is 1.29. The maximum atomic E-state index is 13.1. The lowest BCUT2D eigenvalue weighted by Crippen LogP contribution is -2.31. The van der Waals surface area contributed by atoms with Crippen LogP contribution >= 0.6 is 11.3 Å². The number of benzene rings is 2. The molecule has 2 aromatic carbocycles. The Labute approximate surface area is 168 Å². The summed E-state index contributed by atoms with van der Waals surface area (Å²) in [6.45, 7) is 0. The molecule has 1 aromatic heterocycles. The summed E-state index contributed by atoms with van der Waals surface area (Å²) in [7, 11) is -4.04. The van der Waals surface area contributed by atoms with Crippen molar-refractivity contribution in [2.24, 2.45) is 10.2 Å². The number of hydrogen-bond acceptors (Lipinski definition) is 6. The van der Waals surface area contributed by atoms with Gasteiger partial charge in [-0.15, -0.1) is 21.6 Å². The Balaban J connectivity index is 1.63. The van der Waals surface area contributed by atoms with Gasteiger partial charge in [-0.2, -0.15) is 17.9 Å². The molecule has 0 saturated heterocycles. The highest BCUT2D eigenvalue weighted by Crippen LogP contribution is 2.52. The zero-order chi connectivity index (χ0) is 20.7. The molecule has 1 unspecified atom stereocenters. The van der Waals surface area contributed by atoms with E-state index in [4.69, 9.17) is 0 Å². The first-order valence-electron chi connectivity index (χ1n) is 8.31. The first-order valence-corrected chi connectivity index (χ1v) is 10.7. The number of hydrogen-bond donors (Lipinski definition) is 1. The molecule has 11 heteroatoms. The Morgan fingerprint density at radius 3 is 2.17 bits per heavy atom. The van der Waals surface area contributed by atoms with E-state index in [-0.39, 0.29) is 10.5 Å². The minimum atomic E-state index is -4.67. The number of nitrogens with zero attached hydrogens (tertiary/aromatic N) is 3. The van der Waals surface area contributed by atoms with Gasteiger partial charge in [0.2, 0.25) is 10.0 Å². The van der Waals surface area contributed by atoms with Gasteiger partial charge in [0.1, 0.15) is 5.01 Å². The topological polar surface area (TPSA) is 83.8 Å². The van der Waals surface area contributed by atoms with Gasteiger partial charge in [-0.25, -0.2) is 13.4 Å². The molecule has 4 rings (SSSR count). The number of alkyl halides is 3. The lowest BCUT2D eigenvalue weighted by molar-refractivity contribution is -0.166. The van der Waals surface area contributed by atoms with E-state index in [9.17, 15) is 21.6 Å². The van der Waals surface area contributed by atoms with Crippen molar-refractivity contribution in [1.82, 2.24) is 9.71 Å². The molecule has 2 heterocycles. The van der Waals surface area contributed by atoms with Gasteiger partial charge in [-0.3, -0.25) is 0 Å². The van der Waals surface area contributed by atoms with Gasteiger partial charge in [-0.05, 0) is 17.7 Å². The van der Waals surface area contributed by atoms with Crippen molar-refractivity contribution in [3.05, 3.63) is 82.3 Å². The molecule has 0 aliphatic carbocycles. The van der Waals surface area contributed by atoms with Gasteiger partial charge in [0, 0.05) is 17.1 Å². The van der Waals surface area contributed by atoms with Gasteiger partial charge in [-0.1, -0.05) is 42.5 Å². The third-order valence-corrected chi connectivity index (χ3v) is 6.65. The zero-order valence-corrected chi connectivity index (χ0v) is 16.2. The highest BCUT2D eigenvalue weighted by Gasteiger charge is 2.65. The molecule has 3 aromatic rings. The molecule has 0 radical (unpaired) electrons. The van der Waals surface area contributed by atoms with Crippen LogP contribution in [0, 0.1) is 0 Å². The van der Waals surface area contributed by atoms with Crippen LogP contribution in [0.3, 0.4) is 0 Å². The molecule has 0 saturated carbocycles. The van der Waals surface area contributed by atoms with Crippen LogP contribution in [-0.2, 0) is 15.7 Å². The first kappa shape index (κ1) is 19.7. The van der Waals surface area contributed by atoms with Crippen molar-refractivity contribution in [1.29, 1.82) is 0 Å². The number of rotatable bonds is 6. The average molecular weight is 438 g/mol. The minimum absolute atomic E-state index is 0.170. The molecular formula is C18H13F3N4O2S2. The number of aromatic nitrogens is 1. The summed E-state index contributed by atoms with van der Waals surface area (Å²) < 4.78 is 67.7. The summed E-state index contributed by atoms with van der Waals surface area (Å²) in [4.78, 5) is 4.02. The predicted octanol–water partition coefficient (Wildman–Crippen LogP) is 4.39. The van der Waals surface area contributed by atoms with Crippen LogP contribution in [-0.4, -0.2) is 19.6 Å². The van der Waals surface area contributed by atoms with E-state index in [2.05, 4.69) is 19.9 Å². The van der Waals surface area contributed by atoms with Crippen LogP contribution in [0.2, 0.25) is 0 Å². The summed E-state index contributed by atoms with van der Waals surface area (Å²) in [5.74, 6) is 0. The Kier molecular flexibility index (Phi) is 4.75. The molecule has 1 aliphatic heterocycles. The van der Waals surface area contributed by atoms with E-state index in [1.165, 1.54) is 11.3 Å². The van der Waals surface area contributed by atoms with Crippen molar-refractivity contribution >= 4 is 21.4 Å². The van der Waals surface area contributed by atoms with Crippen molar-refractivity contribution in [2.75, 3.05) is 0 Å².